The minimum Gasteiger partial charge on any atom is -0.388 e. The number of hydrogen-bond acceptors (Lipinski definition) is 3. The molecule has 0 saturated heterocycles. The van der Waals surface area contributed by atoms with Crippen molar-refractivity contribution in [2.75, 3.05) is 0 Å². The lowest BCUT2D eigenvalue weighted by molar-refractivity contribution is 0.855. The number of nitrogens with one attached hydrogen (secondary N) is 1. The molecule has 2 aromatic heterocycles. The molecule has 19 heavy (non-hydrogen) atoms. The number of aryl methyl sites for hydroxylation is 2. The van der Waals surface area contributed by atoms with Gasteiger partial charge < -0.3 is 5.73 Å². The van der Waals surface area contributed by atoms with Gasteiger partial charge in [-0.2, -0.15) is 0 Å². The van der Waals surface area contributed by atoms with Crippen LogP contribution in [0.5, 0.6) is 0 Å². The number of nitrogens with two attached hydrogens (primary N) is 1. The molecule has 0 amide bonds. The molecule has 0 atom stereocenters. The summed E-state index contributed by atoms with van der Waals surface area (Å²) < 4.78 is 0. The van der Waals surface area contributed by atoms with Gasteiger partial charge in [0, 0.05) is 18.8 Å². The Morgan fingerprint density at radius 2 is 1.84 bits per heavy atom. The Morgan fingerprint density at radius 1 is 1.16 bits per heavy atom. The molecule has 0 aliphatic heterocycles. The first-order chi connectivity index (χ1) is 9.15. The zero-order chi connectivity index (χ0) is 13.7. The minimum absolute atomic E-state index is 0.245. The third-order valence-electron chi connectivity index (χ3n) is 2.91. The van der Waals surface area contributed by atoms with Gasteiger partial charge in [-0.05, 0) is 55.2 Å². The van der Waals surface area contributed by atoms with Gasteiger partial charge in [0.15, 0.2) is 0 Å². The maximum absolute atomic E-state index is 7.22. The highest BCUT2D eigenvalue weighted by atomic mass is 14.8. The molecule has 2 heterocycles. The molecule has 0 bridgehead atoms. The highest BCUT2D eigenvalue weighted by Gasteiger charge is 2.03. The fourth-order valence-corrected chi connectivity index (χ4v) is 1.93. The maximum atomic E-state index is 7.22. The predicted molar refractivity (Wildman–Crippen MR) is 77.1 cm³/mol. The fraction of sp³-hybridized carbons (Fsp3) is 0.267. The summed E-state index contributed by atoms with van der Waals surface area (Å²) in [6.45, 7) is 2.04. The van der Waals surface area contributed by atoms with Crippen LogP contribution in [0.2, 0.25) is 0 Å². The quantitative estimate of drug-likeness (QED) is 0.636. The van der Waals surface area contributed by atoms with Crippen LogP contribution in [-0.2, 0) is 6.42 Å². The molecule has 0 fully saturated rings. The number of aromatic nitrogens is 2. The molecule has 4 nitrogen and oxygen atoms in total. The zero-order valence-electron chi connectivity index (χ0n) is 11.1. The molecule has 0 aliphatic rings. The van der Waals surface area contributed by atoms with Crippen molar-refractivity contribution in [2.24, 2.45) is 5.73 Å². The van der Waals surface area contributed by atoms with E-state index in [1.165, 1.54) is 11.1 Å². The Hall–Kier alpha value is -2.23. The first kappa shape index (κ1) is 13.2. The van der Waals surface area contributed by atoms with Gasteiger partial charge >= 0.3 is 0 Å². The average molecular weight is 254 g/mol. The van der Waals surface area contributed by atoms with E-state index in [2.05, 4.69) is 16.0 Å². The number of amidine groups is 1. The molecule has 0 aromatic carbocycles. The predicted octanol–water partition coefficient (Wildman–Crippen LogP) is 2.71. The normalized spacial score (nSPS) is 10.4. The first-order valence-corrected chi connectivity index (χ1v) is 6.36. The molecule has 2 rings (SSSR count). The molecule has 3 N–H and O–H groups in total. The Kier molecular flexibility index (Phi) is 4.23. The van der Waals surface area contributed by atoms with Crippen LogP contribution in [-0.4, -0.2) is 15.8 Å². The van der Waals surface area contributed by atoms with Crippen LogP contribution in [0.1, 0.15) is 24.0 Å². The molecule has 0 unspecified atom stereocenters. The van der Waals surface area contributed by atoms with Crippen LogP contribution < -0.4 is 5.73 Å². The van der Waals surface area contributed by atoms with E-state index in [1.807, 2.05) is 31.3 Å². The summed E-state index contributed by atoms with van der Waals surface area (Å²) >= 11 is 0. The number of rotatable bonds is 5. The Morgan fingerprint density at radius 3 is 2.53 bits per heavy atom. The number of pyridine rings is 2. The van der Waals surface area contributed by atoms with Crippen LogP contribution in [0.15, 0.2) is 36.7 Å². The van der Waals surface area contributed by atoms with Gasteiger partial charge in [-0.3, -0.25) is 15.4 Å². The van der Waals surface area contributed by atoms with Gasteiger partial charge in [0.25, 0.3) is 0 Å². The second kappa shape index (κ2) is 6.09. The van der Waals surface area contributed by atoms with Crippen LogP contribution >= 0.6 is 0 Å². The number of hydrogen-bond donors (Lipinski definition) is 2. The lowest BCUT2D eigenvalue weighted by Gasteiger charge is -2.05. The fourth-order valence-electron chi connectivity index (χ4n) is 1.93. The molecule has 4 heteroatoms. The van der Waals surface area contributed by atoms with Crippen molar-refractivity contribution in [3.8, 4) is 11.4 Å². The summed E-state index contributed by atoms with van der Waals surface area (Å²) in [5.41, 5.74) is 9.52. The molecule has 0 spiro atoms. The maximum Gasteiger partial charge on any atom is 0.0905 e. The highest BCUT2D eigenvalue weighted by Crippen LogP contribution is 2.17. The summed E-state index contributed by atoms with van der Waals surface area (Å²) in [5.74, 6) is 0.245. The van der Waals surface area contributed by atoms with Gasteiger partial charge in [0.05, 0.1) is 17.2 Å². The first-order valence-electron chi connectivity index (χ1n) is 6.36. The SMILES string of the molecule is Cc1ccnc(-c2cc(CCCC(=N)N)ccn2)c1. The average Bonchev–Trinajstić information content (AvgIpc) is 2.39. The third-order valence-corrected chi connectivity index (χ3v) is 2.91. The highest BCUT2D eigenvalue weighted by molar-refractivity contribution is 5.76. The molecule has 0 aliphatic carbocycles. The molecular formula is C15H18N4. The van der Waals surface area contributed by atoms with Crippen molar-refractivity contribution in [2.45, 2.75) is 26.2 Å². The van der Waals surface area contributed by atoms with Crippen LogP contribution in [0, 0.1) is 12.3 Å². The van der Waals surface area contributed by atoms with E-state index in [1.54, 1.807) is 6.20 Å². The van der Waals surface area contributed by atoms with E-state index in [4.69, 9.17) is 11.1 Å². The summed E-state index contributed by atoms with van der Waals surface area (Å²) in [7, 11) is 0. The molecule has 98 valence electrons. The van der Waals surface area contributed by atoms with Gasteiger partial charge in [-0.1, -0.05) is 0 Å². The molecule has 0 radical (unpaired) electrons. The van der Waals surface area contributed by atoms with E-state index in [9.17, 15) is 0 Å². The standard InChI is InChI=1S/C15H18N4/c1-11-5-7-18-13(9-11)14-10-12(6-8-19-14)3-2-4-15(16)17/h5-10H,2-4H2,1H3,(H3,16,17). The van der Waals surface area contributed by atoms with Crippen molar-refractivity contribution in [1.82, 2.24) is 9.97 Å². The Bertz CT molecular complexity index is 578. The van der Waals surface area contributed by atoms with Crippen LogP contribution in [0.3, 0.4) is 0 Å². The second-order valence-corrected chi connectivity index (χ2v) is 4.65. The van der Waals surface area contributed by atoms with Gasteiger partial charge in [-0.25, -0.2) is 0 Å². The second-order valence-electron chi connectivity index (χ2n) is 4.65. The van der Waals surface area contributed by atoms with Crippen LogP contribution in [0.4, 0.5) is 0 Å². The van der Waals surface area contributed by atoms with Gasteiger partial charge in [0.2, 0.25) is 0 Å². The summed E-state index contributed by atoms with van der Waals surface area (Å²) in [6.07, 6.45) is 6.04. The Balaban J connectivity index is 2.13. The van der Waals surface area contributed by atoms with E-state index in [-0.39, 0.29) is 5.84 Å². The smallest absolute Gasteiger partial charge is 0.0905 e. The number of nitrogens with zero attached hydrogens (tertiary/aromatic N) is 2. The summed E-state index contributed by atoms with van der Waals surface area (Å²) in [4.78, 5) is 8.71. The van der Waals surface area contributed by atoms with E-state index < -0.39 is 0 Å². The molecule has 2 aromatic rings. The van der Waals surface area contributed by atoms with E-state index in [0.29, 0.717) is 6.42 Å². The van der Waals surface area contributed by atoms with Crippen molar-refractivity contribution < 1.29 is 0 Å². The summed E-state index contributed by atoms with van der Waals surface area (Å²) in [5, 5.41) is 7.22. The lowest BCUT2D eigenvalue weighted by Crippen LogP contribution is -2.09. The van der Waals surface area contributed by atoms with Crippen molar-refractivity contribution in [3.63, 3.8) is 0 Å². The van der Waals surface area contributed by atoms with Crippen molar-refractivity contribution in [1.29, 1.82) is 5.41 Å². The van der Waals surface area contributed by atoms with Gasteiger partial charge in [0.1, 0.15) is 0 Å². The van der Waals surface area contributed by atoms with E-state index >= 15 is 0 Å². The largest absolute Gasteiger partial charge is 0.388 e. The third kappa shape index (κ3) is 3.88. The Labute approximate surface area is 113 Å². The lowest BCUT2D eigenvalue weighted by atomic mass is 10.1. The summed E-state index contributed by atoms with van der Waals surface area (Å²) in [6, 6.07) is 8.06. The topological polar surface area (TPSA) is 75.7 Å². The van der Waals surface area contributed by atoms with E-state index in [0.717, 1.165) is 24.2 Å². The van der Waals surface area contributed by atoms with Crippen molar-refractivity contribution >= 4 is 5.84 Å². The molecule has 0 saturated carbocycles. The van der Waals surface area contributed by atoms with Gasteiger partial charge in [-0.15, -0.1) is 0 Å². The molecular weight excluding hydrogens is 236 g/mol. The minimum atomic E-state index is 0.245. The monoisotopic (exact) mass is 254 g/mol. The zero-order valence-corrected chi connectivity index (χ0v) is 11.1. The van der Waals surface area contributed by atoms with Crippen LogP contribution in [0.25, 0.3) is 11.4 Å². The van der Waals surface area contributed by atoms with Crippen molar-refractivity contribution in [3.05, 3.63) is 47.8 Å².